The van der Waals surface area contributed by atoms with E-state index in [9.17, 15) is 8.42 Å². The summed E-state index contributed by atoms with van der Waals surface area (Å²) < 4.78 is 32.6. The molecule has 0 aliphatic carbocycles. The van der Waals surface area contributed by atoms with Gasteiger partial charge >= 0.3 is 0 Å². The molecule has 21 heavy (non-hydrogen) atoms. The van der Waals surface area contributed by atoms with E-state index in [2.05, 4.69) is 20.8 Å². The van der Waals surface area contributed by atoms with Gasteiger partial charge < -0.3 is 9.64 Å². The number of sulfonamides is 1. The number of benzene rings is 1. The number of hydrogen-bond acceptors (Lipinski definition) is 4. The molecule has 5 nitrogen and oxygen atoms in total. The van der Waals surface area contributed by atoms with Crippen molar-refractivity contribution in [3.8, 4) is 5.75 Å². The number of nitrogens with zero attached hydrogens (tertiary/aromatic N) is 2. The lowest BCUT2D eigenvalue weighted by atomic mass is 10.3. The molecule has 1 aliphatic rings. The van der Waals surface area contributed by atoms with Gasteiger partial charge in [-0.1, -0.05) is 15.9 Å². The van der Waals surface area contributed by atoms with Gasteiger partial charge in [-0.05, 0) is 44.1 Å². The first-order chi connectivity index (χ1) is 9.95. The van der Waals surface area contributed by atoms with Gasteiger partial charge in [-0.25, -0.2) is 8.42 Å². The molecule has 0 unspecified atom stereocenters. The molecule has 0 N–H and O–H groups in total. The monoisotopic (exact) mass is 376 g/mol. The maximum atomic E-state index is 12.7. The van der Waals surface area contributed by atoms with Crippen LogP contribution in [0.25, 0.3) is 0 Å². The van der Waals surface area contributed by atoms with Crippen LogP contribution < -0.4 is 4.74 Å². The third-order valence-electron chi connectivity index (χ3n) is 3.74. The highest BCUT2D eigenvalue weighted by Gasteiger charge is 2.25. The van der Waals surface area contributed by atoms with Crippen LogP contribution in [0.3, 0.4) is 0 Å². The Morgan fingerprint density at radius 1 is 1.33 bits per heavy atom. The van der Waals surface area contributed by atoms with Crippen LogP contribution in [0, 0.1) is 0 Å². The van der Waals surface area contributed by atoms with E-state index >= 15 is 0 Å². The molecule has 118 valence electrons. The molecule has 0 radical (unpaired) electrons. The first-order valence-corrected chi connectivity index (χ1v) is 9.20. The molecule has 0 atom stereocenters. The van der Waals surface area contributed by atoms with Gasteiger partial charge in [-0.3, -0.25) is 0 Å². The van der Waals surface area contributed by atoms with Crippen molar-refractivity contribution in [2.45, 2.75) is 17.7 Å². The van der Waals surface area contributed by atoms with E-state index in [0.29, 0.717) is 12.3 Å². The molecule has 0 aromatic heterocycles. The van der Waals surface area contributed by atoms with E-state index in [4.69, 9.17) is 4.74 Å². The van der Waals surface area contributed by atoms with Gasteiger partial charge in [-0.2, -0.15) is 4.31 Å². The summed E-state index contributed by atoms with van der Waals surface area (Å²) in [6.07, 6.45) is 2.41. The van der Waals surface area contributed by atoms with E-state index in [1.54, 1.807) is 25.2 Å². The van der Waals surface area contributed by atoms with Gasteiger partial charge in [0.2, 0.25) is 10.0 Å². The summed E-state index contributed by atoms with van der Waals surface area (Å²) in [7, 11) is -0.449. The minimum atomic E-state index is -3.54. The predicted molar refractivity (Wildman–Crippen MR) is 86.2 cm³/mol. The largest absolute Gasteiger partial charge is 0.495 e. The number of likely N-dealkylation sites (tertiary alicyclic amines) is 1. The normalized spacial score (nSPS) is 16.6. The topological polar surface area (TPSA) is 49.9 Å². The van der Waals surface area contributed by atoms with Gasteiger partial charge in [0, 0.05) is 24.6 Å². The lowest BCUT2D eigenvalue weighted by Gasteiger charge is -2.22. The second-order valence-electron chi connectivity index (χ2n) is 5.17. The molecule has 0 saturated carbocycles. The van der Waals surface area contributed by atoms with Crippen LogP contribution in [-0.4, -0.2) is 58.0 Å². The summed E-state index contributed by atoms with van der Waals surface area (Å²) in [6.45, 7) is 3.38. The molecular weight excluding hydrogens is 356 g/mol. The molecule has 1 saturated heterocycles. The Hall–Kier alpha value is -0.630. The fourth-order valence-electron chi connectivity index (χ4n) is 2.43. The van der Waals surface area contributed by atoms with E-state index in [1.165, 1.54) is 24.3 Å². The highest BCUT2D eigenvalue weighted by Crippen LogP contribution is 2.29. The lowest BCUT2D eigenvalue weighted by Crippen LogP contribution is -2.35. The zero-order chi connectivity index (χ0) is 15.5. The summed E-state index contributed by atoms with van der Waals surface area (Å²) in [5.74, 6) is 0.367. The molecule has 1 fully saturated rings. The van der Waals surface area contributed by atoms with E-state index in [1.807, 2.05) is 0 Å². The molecule has 1 heterocycles. The van der Waals surface area contributed by atoms with Crippen LogP contribution >= 0.6 is 15.9 Å². The summed E-state index contributed by atoms with van der Waals surface area (Å²) in [4.78, 5) is 2.49. The van der Waals surface area contributed by atoms with E-state index < -0.39 is 10.0 Å². The zero-order valence-electron chi connectivity index (χ0n) is 12.4. The SMILES string of the molecule is COc1ccc(Br)cc1S(=O)(=O)N(C)CCN1CCCC1. The van der Waals surface area contributed by atoms with Crippen molar-refractivity contribution in [2.24, 2.45) is 0 Å². The van der Waals surface area contributed by atoms with Crippen LogP contribution in [0.15, 0.2) is 27.6 Å². The molecule has 0 bridgehead atoms. The molecule has 7 heteroatoms. The quantitative estimate of drug-likeness (QED) is 0.763. The van der Waals surface area contributed by atoms with Gasteiger partial charge in [-0.15, -0.1) is 0 Å². The summed E-state index contributed by atoms with van der Waals surface area (Å²) in [6, 6.07) is 5.01. The smallest absolute Gasteiger partial charge is 0.246 e. The van der Waals surface area contributed by atoms with Crippen molar-refractivity contribution in [3.63, 3.8) is 0 Å². The van der Waals surface area contributed by atoms with Crippen LogP contribution in [0.5, 0.6) is 5.75 Å². The Kier molecular flexibility index (Phi) is 5.65. The average Bonchev–Trinajstić information content (AvgIpc) is 2.97. The fraction of sp³-hybridized carbons (Fsp3) is 0.571. The number of halogens is 1. The molecule has 0 spiro atoms. The van der Waals surface area contributed by atoms with Crippen molar-refractivity contribution in [2.75, 3.05) is 40.3 Å². The third kappa shape index (κ3) is 3.97. The van der Waals surface area contributed by atoms with Crippen molar-refractivity contribution >= 4 is 26.0 Å². The van der Waals surface area contributed by atoms with Crippen LogP contribution in [0.4, 0.5) is 0 Å². The number of ether oxygens (including phenoxy) is 1. The van der Waals surface area contributed by atoms with Crippen LogP contribution in [0.1, 0.15) is 12.8 Å². The second kappa shape index (κ2) is 7.09. The molecule has 1 aromatic rings. The minimum Gasteiger partial charge on any atom is -0.495 e. The Bertz CT molecular complexity index is 586. The standard InChI is InChI=1S/C14H21BrN2O3S/c1-16(9-10-17-7-3-4-8-17)21(18,19)14-11-12(15)5-6-13(14)20-2/h5-6,11H,3-4,7-10H2,1-2H3. The summed E-state index contributed by atoms with van der Waals surface area (Å²) in [5, 5.41) is 0. The Balaban J connectivity index is 2.14. The summed E-state index contributed by atoms with van der Waals surface area (Å²) in [5.41, 5.74) is 0. The minimum absolute atomic E-state index is 0.197. The number of rotatable bonds is 6. The van der Waals surface area contributed by atoms with Crippen molar-refractivity contribution in [3.05, 3.63) is 22.7 Å². The van der Waals surface area contributed by atoms with E-state index in [0.717, 1.165) is 24.1 Å². The summed E-state index contributed by atoms with van der Waals surface area (Å²) >= 11 is 3.31. The second-order valence-corrected chi connectivity index (χ2v) is 8.10. The number of hydrogen-bond donors (Lipinski definition) is 0. The zero-order valence-corrected chi connectivity index (χ0v) is 14.8. The van der Waals surface area contributed by atoms with E-state index in [-0.39, 0.29) is 4.90 Å². The number of methoxy groups -OCH3 is 1. The van der Waals surface area contributed by atoms with Crippen molar-refractivity contribution in [1.29, 1.82) is 0 Å². The molecule has 2 rings (SSSR count). The van der Waals surface area contributed by atoms with Gasteiger partial charge in [0.25, 0.3) is 0 Å². The third-order valence-corrected chi connectivity index (χ3v) is 6.12. The van der Waals surface area contributed by atoms with Gasteiger partial charge in [0.15, 0.2) is 0 Å². The molecule has 1 aromatic carbocycles. The highest BCUT2D eigenvalue weighted by atomic mass is 79.9. The van der Waals surface area contributed by atoms with Gasteiger partial charge in [0.05, 0.1) is 7.11 Å². The molecule has 0 amide bonds. The van der Waals surface area contributed by atoms with Crippen molar-refractivity contribution in [1.82, 2.24) is 9.21 Å². The first kappa shape index (κ1) is 16.7. The number of likely N-dealkylation sites (N-methyl/N-ethyl adjacent to an activating group) is 1. The Labute approximate surface area is 135 Å². The lowest BCUT2D eigenvalue weighted by molar-refractivity contribution is 0.309. The maximum absolute atomic E-state index is 12.7. The Morgan fingerprint density at radius 2 is 2.00 bits per heavy atom. The van der Waals surface area contributed by atoms with Crippen molar-refractivity contribution < 1.29 is 13.2 Å². The molecule has 1 aliphatic heterocycles. The maximum Gasteiger partial charge on any atom is 0.246 e. The average molecular weight is 377 g/mol. The van der Waals surface area contributed by atoms with Crippen LogP contribution in [0.2, 0.25) is 0 Å². The predicted octanol–water partition coefficient (Wildman–Crippen LogP) is 2.17. The molecular formula is C14H21BrN2O3S. The Morgan fingerprint density at radius 3 is 2.62 bits per heavy atom. The first-order valence-electron chi connectivity index (χ1n) is 6.97. The van der Waals surface area contributed by atoms with Gasteiger partial charge in [0.1, 0.15) is 10.6 Å². The van der Waals surface area contributed by atoms with Crippen LogP contribution in [-0.2, 0) is 10.0 Å². The fourth-order valence-corrected chi connectivity index (χ4v) is 4.28. The highest BCUT2D eigenvalue weighted by molar-refractivity contribution is 9.10.